The summed E-state index contributed by atoms with van der Waals surface area (Å²) < 4.78 is 33.5. The number of benzene rings is 1. The number of aliphatic hydroxyl groups is 1. The molecule has 36 heavy (non-hydrogen) atoms. The zero-order chi connectivity index (χ0) is 25.7. The van der Waals surface area contributed by atoms with E-state index in [2.05, 4.69) is 15.4 Å². The van der Waals surface area contributed by atoms with E-state index in [0.29, 0.717) is 25.2 Å². The number of hydrogen-bond donors (Lipinski definition) is 2. The van der Waals surface area contributed by atoms with Crippen LogP contribution in [-0.4, -0.2) is 72.1 Å². The number of nitrogens with zero attached hydrogens (tertiary/aromatic N) is 3. The lowest BCUT2D eigenvalue weighted by Gasteiger charge is -2.27. The van der Waals surface area contributed by atoms with Gasteiger partial charge in [-0.25, -0.2) is 8.42 Å². The first-order chi connectivity index (χ1) is 17.2. The number of amides is 1. The molecule has 1 fully saturated rings. The minimum absolute atomic E-state index is 0.00978. The molecule has 2 atom stereocenters. The van der Waals surface area contributed by atoms with Gasteiger partial charge in [0.2, 0.25) is 15.9 Å². The summed E-state index contributed by atoms with van der Waals surface area (Å²) in [6.07, 6.45) is 0.239. The van der Waals surface area contributed by atoms with Crippen molar-refractivity contribution in [3.8, 4) is 0 Å². The summed E-state index contributed by atoms with van der Waals surface area (Å²) in [7, 11) is -3.96. The van der Waals surface area contributed by atoms with Gasteiger partial charge >= 0.3 is 0 Å². The predicted octanol–water partition coefficient (Wildman–Crippen LogP) is 2.34. The van der Waals surface area contributed by atoms with Crippen molar-refractivity contribution < 1.29 is 22.8 Å². The first-order valence-corrected chi connectivity index (χ1v) is 14.2. The van der Waals surface area contributed by atoms with Crippen LogP contribution in [0.2, 0.25) is 0 Å². The Morgan fingerprint density at radius 3 is 2.72 bits per heavy atom. The number of aliphatic hydroxyl groups excluding tert-OH is 1. The lowest BCUT2D eigenvalue weighted by atomic mass is 10.2. The molecule has 0 bridgehead atoms. The Morgan fingerprint density at radius 1 is 1.28 bits per heavy atom. The third-order valence-electron chi connectivity index (χ3n) is 6.20. The number of β-amino-alcohol motifs (C(OH)–C–C–N with tert-alkyl or cyclic N) is 1. The van der Waals surface area contributed by atoms with Gasteiger partial charge < -0.3 is 14.9 Å². The van der Waals surface area contributed by atoms with Crippen molar-refractivity contribution in [1.82, 2.24) is 19.7 Å². The van der Waals surface area contributed by atoms with E-state index < -0.39 is 16.1 Å². The molecule has 1 aliphatic heterocycles. The van der Waals surface area contributed by atoms with Crippen LogP contribution >= 0.6 is 11.3 Å². The highest BCUT2D eigenvalue weighted by atomic mass is 32.2. The van der Waals surface area contributed by atoms with Crippen molar-refractivity contribution in [2.45, 2.75) is 50.3 Å². The van der Waals surface area contributed by atoms with E-state index in [0.717, 1.165) is 23.4 Å². The SMILES string of the molecule is Cc1noc(C)c1S(=O)(=O)N(Cc1ccccc1)CC(O)CN1CCC(NC(=O)Cc2cccs2)C1. The molecule has 3 heterocycles. The fourth-order valence-electron chi connectivity index (χ4n) is 4.56. The number of aromatic nitrogens is 1. The lowest BCUT2D eigenvalue weighted by molar-refractivity contribution is -0.121. The van der Waals surface area contributed by atoms with Gasteiger partial charge in [0, 0.05) is 43.6 Å². The maximum Gasteiger partial charge on any atom is 0.248 e. The van der Waals surface area contributed by atoms with Crippen LogP contribution in [0.3, 0.4) is 0 Å². The Bertz CT molecular complexity index is 1230. The van der Waals surface area contributed by atoms with Crippen molar-refractivity contribution >= 4 is 27.3 Å². The molecule has 0 radical (unpaired) electrons. The predicted molar refractivity (Wildman–Crippen MR) is 137 cm³/mol. The molecule has 0 saturated carbocycles. The van der Waals surface area contributed by atoms with Crippen molar-refractivity contribution in [2.24, 2.45) is 0 Å². The van der Waals surface area contributed by atoms with Gasteiger partial charge in [-0.05, 0) is 37.3 Å². The summed E-state index contributed by atoms with van der Waals surface area (Å²) in [5.41, 5.74) is 1.11. The quantitative estimate of drug-likeness (QED) is 0.389. The average Bonchev–Trinajstić information content (AvgIpc) is 3.57. The van der Waals surface area contributed by atoms with E-state index in [4.69, 9.17) is 4.52 Å². The topological polar surface area (TPSA) is 116 Å². The summed E-state index contributed by atoms with van der Waals surface area (Å²) in [5, 5.41) is 19.8. The monoisotopic (exact) mass is 532 g/mol. The van der Waals surface area contributed by atoms with Crippen molar-refractivity contribution in [1.29, 1.82) is 0 Å². The molecule has 11 heteroatoms. The minimum atomic E-state index is -3.96. The van der Waals surface area contributed by atoms with Gasteiger partial charge in [0.25, 0.3) is 0 Å². The van der Waals surface area contributed by atoms with Crippen LogP contribution < -0.4 is 5.32 Å². The molecule has 2 unspecified atom stereocenters. The number of likely N-dealkylation sites (tertiary alicyclic amines) is 1. The van der Waals surface area contributed by atoms with E-state index >= 15 is 0 Å². The maximum atomic E-state index is 13.6. The zero-order valence-electron chi connectivity index (χ0n) is 20.5. The highest BCUT2D eigenvalue weighted by Gasteiger charge is 2.33. The number of carbonyl (C=O) groups excluding carboxylic acids is 1. The second kappa shape index (κ2) is 11.7. The van der Waals surface area contributed by atoms with Gasteiger partial charge in [0.15, 0.2) is 5.76 Å². The van der Waals surface area contributed by atoms with Gasteiger partial charge in [-0.2, -0.15) is 4.31 Å². The summed E-state index contributed by atoms with van der Waals surface area (Å²) in [4.78, 5) is 15.5. The van der Waals surface area contributed by atoms with Gasteiger partial charge in [0.1, 0.15) is 10.6 Å². The van der Waals surface area contributed by atoms with Crippen LogP contribution in [-0.2, 0) is 27.8 Å². The maximum absolute atomic E-state index is 13.6. The van der Waals surface area contributed by atoms with Crippen LogP contribution in [0.4, 0.5) is 0 Å². The Hall–Kier alpha value is -2.57. The summed E-state index contributed by atoms with van der Waals surface area (Å²) in [6, 6.07) is 13.2. The lowest BCUT2D eigenvalue weighted by Crippen LogP contribution is -2.43. The Kier molecular flexibility index (Phi) is 8.58. The summed E-state index contributed by atoms with van der Waals surface area (Å²) in [5.74, 6) is 0.213. The first-order valence-electron chi connectivity index (χ1n) is 11.9. The summed E-state index contributed by atoms with van der Waals surface area (Å²) >= 11 is 1.56. The highest BCUT2D eigenvalue weighted by molar-refractivity contribution is 7.89. The van der Waals surface area contributed by atoms with E-state index in [9.17, 15) is 18.3 Å². The molecule has 2 aromatic heterocycles. The number of nitrogens with one attached hydrogen (secondary N) is 1. The first kappa shape index (κ1) is 26.5. The van der Waals surface area contributed by atoms with Crippen LogP contribution in [0, 0.1) is 13.8 Å². The number of rotatable bonds is 11. The van der Waals surface area contributed by atoms with Crippen molar-refractivity contribution in [2.75, 3.05) is 26.2 Å². The Morgan fingerprint density at radius 2 is 2.06 bits per heavy atom. The average molecular weight is 533 g/mol. The van der Waals surface area contributed by atoms with Gasteiger partial charge in [-0.15, -0.1) is 11.3 Å². The van der Waals surface area contributed by atoms with E-state index in [-0.39, 0.29) is 35.7 Å². The van der Waals surface area contributed by atoms with E-state index in [1.165, 1.54) is 4.31 Å². The molecule has 1 aliphatic rings. The molecule has 1 amide bonds. The molecule has 3 aromatic rings. The largest absolute Gasteiger partial charge is 0.390 e. The van der Waals surface area contributed by atoms with E-state index in [1.807, 2.05) is 47.8 Å². The number of aryl methyl sites for hydroxylation is 2. The molecule has 0 spiro atoms. The van der Waals surface area contributed by atoms with Crippen LogP contribution in [0.5, 0.6) is 0 Å². The fourth-order valence-corrected chi connectivity index (χ4v) is 7.02. The van der Waals surface area contributed by atoms with Crippen molar-refractivity contribution in [3.63, 3.8) is 0 Å². The number of hydrogen-bond acceptors (Lipinski definition) is 8. The molecule has 194 valence electrons. The molecule has 1 saturated heterocycles. The Balaban J connectivity index is 1.38. The second-order valence-corrected chi connectivity index (χ2v) is 12.1. The fraction of sp³-hybridized carbons (Fsp3) is 0.440. The third kappa shape index (κ3) is 6.60. The smallest absolute Gasteiger partial charge is 0.248 e. The third-order valence-corrected chi connectivity index (χ3v) is 9.14. The molecule has 4 rings (SSSR count). The minimum Gasteiger partial charge on any atom is -0.390 e. The Labute approximate surface area is 215 Å². The number of carbonyl (C=O) groups is 1. The van der Waals surface area contributed by atoms with Gasteiger partial charge in [-0.3, -0.25) is 9.69 Å². The number of thiophene rings is 1. The summed E-state index contributed by atoms with van der Waals surface area (Å²) in [6.45, 7) is 4.84. The molecule has 1 aromatic carbocycles. The molecule has 2 N–H and O–H groups in total. The molecule has 0 aliphatic carbocycles. The second-order valence-electron chi connectivity index (χ2n) is 9.16. The highest BCUT2D eigenvalue weighted by Crippen LogP contribution is 2.25. The van der Waals surface area contributed by atoms with Crippen LogP contribution in [0.1, 0.15) is 28.3 Å². The number of sulfonamides is 1. The van der Waals surface area contributed by atoms with Crippen LogP contribution in [0.15, 0.2) is 57.3 Å². The van der Waals surface area contributed by atoms with Gasteiger partial charge in [-0.1, -0.05) is 41.6 Å². The van der Waals surface area contributed by atoms with Gasteiger partial charge in [0.05, 0.1) is 12.5 Å². The molecule has 9 nitrogen and oxygen atoms in total. The molecular formula is C25H32N4O5S2. The standard InChI is InChI=1S/C25H32N4O5S2/c1-18-25(19(2)34-27-18)36(32,33)29(14-20-7-4-3-5-8-20)17-22(30)16-28-11-10-21(15-28)26-24(31)13-23-9-6-12-35-23/h3-9,12,21-22,30H,10-11,13-17H2,1-2H3,(H,26,31). The van der Waals surface area contributed by atoms with E-state index in [1.54, 1.807) is 25.2 Å². The zero-order valence-corrected chi connectivity index (χ0v) is 22.1. The van der Waals surface area contributed by atoms with Crippen molar-refractivity contribution in [3.05, 3.63) is 69.7 Å². The van der Waals surface area contributed by atoms with Crippen LogP contribution in [0.25, 0.3) is 0 Å². The normalized spacial score (nSPS) is 17.5. The molecular weight excluding hydrogens is 500 g/mol.